The van der Waals surface area contributed by atoms with E-state index in [0.717, 1.165) is 19.6 Å². The molecule has 4 nitrogen and oxygen atoms in total. The quantitative estimate of drug-likeness (QED) is 0.635. The molecule has 0 aromatic carbocycles. The van der Waals surface area contributed by atoms with Gasteiger partial charge in [0.1, 0.15) is 11.0 Å². The summed E-state index contributed by atoms with van der Waals surface area (Å²) in [6.45, 7) is 2.30. The molecule has 0 saturated carbocycles. The fourth-order valence-electron chi connectivity index (χ4n) is 1.95. The third-order valence-corrected chi connectivity index (χ3v) is 3.22. The van der Waals surface area contributed by atoms with Crippen molar-refractivity contribution >= 4 is 23.7 Å². The van der Waals surface area contributed by atoms with Crippen LogP contribution in [0.25, 0.3) is 0 Å². The van der Waals surface area contributed by atoms with Crippen LogP contribution in [0.2, 0.25) is 5.15 Å². The van der Waals surface area contributed by atoms with Crippen LogP contribution in [0.4, 0.5) is 10.2 Å². The molecule has 18 heavy (non-hydrogen) atoms. The second kappa shape index (κ2) is 6.11. The Kier molecular flexibility index (Phi) is 4.49. The molecule has 1 aromatic rings. The molecule has 0 spiro atoms. The van der Waals surface area contributed by atoms with Gasteiger partial charge in [-0.1, -0.05) is 11.6 Å². The number of rotatable bonds is 6. The predicted molar refractivity (Wildman–Crippen MR) is 69.1 cm³/mol. The second-order valence-electron chi connectivity index (χ2n) is 4.34. The van der Waals surface area contributed by atoms with Gasteiger partial charge in [0.25, 0.3) is 0 Å². The van der Waals surface area contributed by atoms with Crippen molar-refractivity contribution in [1.29, 1.82) is 0 Å². The summed E-state index contributed by atoms with van der Waals surface area (Å²) in [4.78, 5) is 16.9. The number of anilines is 1. The molecule has 98 valence electrons. The van der Waals surface area contributed by atoms with Gasteiger partial charge in [0.2, 0.25) is 0 Å². The number of nitrogens with one attached hydrogen (secondary N) is 1. The Morgan fingerprint density at radius 2 is 2.33 bits per heavy atom. The fraction of sp³-hybridized carbons (Fsp3) is 0.500. The Balaban J connectivity index is 1.81. The van der Waals surface area contributed by atoms with Crippen LogP contribution in [0.5, 0.6) is 0 Å². The zero-order valence-corrected chi connectivity index (χ0v) is 10.7. The number of carbonyl (C=O) groups excluding carboxylic acids is 1. The number of halogens is 2. The largest absolute Gasteiger partial charge is 0.365 e. The van der Waals surface area contributed by atoms with Crippen molar-refractivity contribution in [1.82, 2.24) is 9.88 Å². The molecular weight excluding hydrogens is 257 g/mol. The van der Waals surface area contributed by atoms with E-state index in [4.69, 9.17) is 11.6 Å². The van der Waals surface area contributed by atoms with Gasteiger partial charge in [-0.15, -0.1) is 0 Å². The molecule has 0 radical (unpaired) electrons. The fourth-order valence-corrected chi connectivity index (χ4v) is 2.15. The highest BCUT2D eigenvalue weighted by molar-refractivity contribution is 6.31. The molecule has 2 rings (SSSR count). The monoisotopic (exact) mass is 271 g/mol. The summed E-state index contributed by atoms with van der Waals surface area (Å²) < 4.78 is 12.0. The number of aldehydes is 1. The number of pyridine rings is 1. The van der Waals surface area contributed by atoms with Gasteiger partial charge in [-0.05, 0) is 18.6 Å². The molecule has 1 aliphatic heterocycles. The number of nitrogens with zero attached hydrogens (tertiary/aromatic N) is 2. The summed E-state index contributed by atoms with van der Waals surface area (Å²) in [6, 6.07) is 3.69. The Labute approximate surface area is 110 Å². The maximum atomic E-state index is 12.0. The number of likely N-dealkylation sites (tertiary alicyclic amines) is 1. The number of carbonyl (C=O) groups is 1. The van der Waals surface area contributed by atoms with Crippen LogP contribution in [0.1, 0.15) is 16.8 Å². The van der Waals surface area contributed by atoms with E-state index in [2.05, 4.69) is 15.2 Å². The maximum Gasteiger partial charge on any atom is 0.153 e. The van der Waals surface area contributed by atoms with Crippen molar-refractivity contribution in [2.24, 2.45) is 0 Å². The SMILES string of the molecule is O=Cc1ccc(NC2CN(CCCF)C2)nc1Cl. The van der Waals surface area contributed by atoms with Crippen molar-refractivity contribution in [2.45, 2.75) is 12.5 Å². The predicted octanol–water partition coefficient (Wildman–Crippen LogP) is 2.00. The molecule has 0 bridgehead atoms. The van der Waals surface area contributed by atoms with E-state index in [1.165, 1.54) is 0 Å². The van der Waals surface area contributed by atoms with E-state index in [0.29, 0.717) is 30.1 Å². The van der Waals surface area contributed by atoms with Crippen molar-refractivity contribution in [3.63, 3.8) is 0 Å². The van der Waals surface area contributed by atoms with Crippen LogP contribution in [0.3, 0.4) is 0 Å². The van der Waals surface area contributed by atoms with Crippen LogP contribution in [0, 0.1) is 0 Å². The van der Waals surface area contributed by atoms with Crippen LogP contribution < -0.4 is 5.32 Å². The Morgan fingerprint density at radius 3 is 2.94 bits per heavy atom. The van der Waals surface area contributed by atoms with Gasteiger partial charge < -0.3 is 5.32 Å². The molecule has 1 fully saturated rings. The average molecular weight is 272 g/mol. The smallest absolute Gasteiger partial charge is 0.153 e. The van der Waals surface area contributed by atoms with Crippen LogP contribution in [0.15, 0.2) is 12.1 Å². The first-order valence-electron chi connectivity index (χ1n) is 5.89. The van der Waals surface area contributed by atoms with E-state index >= 15 is 0 Å². The minimum atomic E-state index is -0.265. The normalized spacial score (nSPS) is 16.3. The summed E-state index contributed by atoms with van der Waals surface area (Å²) in [5, 5.41) is 3.44. The highest BCUT2D eigenvalue weighted by Gasteiger charge is 2.26. The van der Waals surface area contributed by atoms with Crippen molar-refractivity contribution in [3.05, 3.63) is 22.8 Å². The molecule has 1 aliphatic rings. The summed E-state index contributed by atoms with van der Waals surface area (Å²) in [5.41, 5.74) is 0.389. The zero-order chi connectivity index (χ0) is 13.0. The molecule has 2 heterocycles. The van der Waals surface area contributed by atoms with Crippen molar-refractivity contribution in [2.75, 3.05) is 31.6 Å². The van der Waals surface area contributed by atoms with Crippen molar-refractivity contribution in [3.8, 4) is 0 Å². The first-order valence-corrected chi connectivity index (χ1v) is 6.27. The van der Waals surface area contributed by atoms with E-state index in [9.17, 15) is 9.18 Å². The lowest BCUT2D eigenvalue weighted by molar-refractivity contribution is 0.112. The summed E-state index contributed by atoms with van der Waals surface area (Å²) in [5.74, 6) is 0.667. The lowest BCUT2D eigenvalue weighted by atomic mass is 10.1. The van der Waals surface area contributed by atoms with Gasteiger partial charge in [0.15, 0.2) is 6.29 Å². The zero-order valence-electron chi connectivity index (χ0n) is 9.90. The van der Waals surface area contributed by atoms with E-state index in [-0.39, 0.29) is 11.8 Å². The maximum absolute atomic E-state index is 12.0. The molecular formula is C12H15ClFN3O. The first kappa shape index (κ1) is 13.2. The number of alkyl halides is 1. The topological polar surface area (TPSA) is 45.2 Å². The van der Waals surface area contributed by atoms with Crippen molar-refractivity contribution < 1.29 is 9.18 Å². The molecule has 0 amide bonds. The third kappa shape index (κ3) is 3.17. The summed E-state index contributed by atoms with van der Waals surface area (Å²) in [7, 11) is 0. The molecule has 1 saturated heterocycles. The van der Waals surface area contributed by atoms with Crippen LogP contribution in [-0.2, 0) is 0 Å². The summed E-state index contributed by atoms with van der Waals surface area (Å²) in [6.07, 6.45) is 1.27. The Hall–Kier alpha value is -1.20. The molecule has 0 aliphatic carbocycles. The Bertz CT molecular complexity index is 424. The van der Waals surface area contributed by atoms with Gasteiger partial charge in [-0.2, -0.15) is 0 Å². The standard InChI is InChI=1S/C12H15ClFN3O/c13-12-9(8-18)2-3-11(16-12)15-10-6-17(7-10)5-1-4-14/h2-3,8,10H,1,4-7H2,(H,15,16). The number of hydrogen-bond donors (Lipinski definition) is 1. The van der Waals surface area contributed by atoms with Gasteiger partial charge in [-0.3, -0.25) is 14.1 Å². The summed E-state index contributed by atoms with van der Waals surface area (Å²) >= 11 is 5.84. The number of hydrogen-bond acceptors (Lipinski definition) is 4. The second-order valence-corrected chi connectivity index (χ2v) is 4.70. The lowest BCUT2D eigenvalue weighted by Gasteiger charge is -2.39. The first-order chi connectivity index (χ1) is 8.72. The van der Waals surface area contributed by atoms with Gasteiger partial charge >= 0.3 is 0 Å². The van der Waals surface area contributed by atoms with Gasteiger partial charge in [-0.25, -0.2) is 4.98 Å². The van der Waals surface area contributed by atoms with E-state index in [1.807, 2.05) is 0 Å². The molecule has 6 heteroatoms. The molecule has 0 unspecified atom stereocenters. The molecule has 1 N–H and O–H groups in total. The third-order valence-electron chi connectivity index (χ3n) is 2.92. The lowest BCUT2D eigenvalue weighted by Crippen LogP contribution is -2.54. The van der Waals surface area contributed by atoms with E-state index in [1.54, 1.807) is 12.1 Å². The highest BCUT2D eigenvalue weighted by atomic mass is 35.5. The van der Waals surface area contributed by atoms with Gasteiger partial charge in [0, 0.05) is 19.6 Å². The Morgan fingerprint density at radius 1 is 1.56 bits per heavy atom. The highest BCUT2D eigenvalue weighted by Crippen LogP contribution is 2.18. The average Bonchev–Trinajstić information content (AvgIpc) is 2.32. The number of aromatic nitrogens is 1. The van der Waals surface area contributed by atoms with Gasteiger partial charge in [0.05, 0.1) is 18.3 Å². The van der Waals surface area contributed by atoms with Crippen LogP contribution in [-0.4, -0.2) is 48.5 Å². The minimum absolute atomic E-state index is 0.212. The van der Waals surface area contributed by atoms with Crippen LogP contribution >= 0.6 is 11.6 Å². The van der Waals surface area contributed by atoms with E-state index < -0.39 is 0 Å². The molecule has 1 aromatic heterocycles. The molecule has 0 atom stereocenters. The minimum Gasteiger partial charge on any atom is -0.365 e.